The van der Waals surface area contributed by atoms with Crippen molar-refractivity contribution in [1.29, 1.82) is 0 Å². The Morgan fingerprint density at radius 1 is 0.921 bits per heavy atom. The number of carbonyl (C=O) groups excluding carboxylic acids is 2. The largest absolute Gasteiger partial charge is 0.497 e. The summed E-state index contributed by atoms with van der Waals surface area (Å²) < 4.78 is 21.8. The number of benzene rings is 2. The van der Waals surface area contributed by atoms with Crippen LogP contribution in [0.4, 0.5) is 0 Å². The van der Waals surface area contributed by atoms with Gasteiger partial charge in [-0.1, -0.05) is 12.1 Å². The van der Waals surface area contributed by atoms with Gasteiger partial charge >= 0.3 is 0 Å². The van der Waals surface area contributed by atoms with Crippen molar-refractivity contribution in [3.8, 4) is 23.0 Å². The van der Waals surface area contributed by atoms with E-state index in [1.165, 1.54) is 44.8 Å². The first-order valence-electron chi connectivity index (χ1n) is 11.9. The SMILES string of the molecule is COc1ccc(CN(C(=O)c2cnccn2)[C@H](C(=O)NC(C)(C)C)c2cc(OC)c(OC)c(OC)c2)cc1. The minimum Gasteiger partial charge on any atom is -0.497 e. The highest BCUT2D eigenvalue weighted by atomic mass is 16.5. The minimum atomic E-state index is -1.08. The van der Waals surface area contributed by atoms with E-state index in [1.54, 1.807) is 31.4 Å². The number of nitrogens with zero attached hydrogens (tertiary/aromatic N) is 3. The molecule has 0 radical (unpaired) electrons. The van der Waals surface area contributed by atoms with Gasteiger partial charge in [-0.3, -0.25) is 14.6 Å². The Morgan fingerprint density at radius 3 is 2.03 bits per heavy atom. The molecular formula is C28H34N4O6. The maximum atomic E-state index is 13.9. The molecule has 0 saturated carbocycles. The summed E-state index contributed by atoms with van der Waals surface area (Å²) in [4.78, 5) is 37.5. The van der Waals surface area contributed by atoms with Crippen LogP contribution in [0.1, 0.15) is 48.4 Å². The first-order valence-corrected chi connectivity index (χ1v) is 11.9. The van der Waals surface area contributed by atoms with E-state index in [-0.39, 0.29) is 12.2 Å². The topological polar surface area (TPSA) is 112 Å². The Balaban J connectivity index is 2.22. The average Bonchev–Trinajstić information content (AvgIpc) is 2.91. The third-order valence-electron chi connectivity index (χ3n) is 5.62. The molecule has 202 valence electrons. The van der Waals surface area contributed by atoms with Gasteiger partial charge in [0.15, 0.2) is 11.5 Å². The molecule has 0 bridgehead atoms. The van der Waals surface area contributed by atoms with Gasteiger partial charge in [0.25, 0.3) is 5.91 Å². The van der Waals surface area contributed by atoms with E-state index in [2.05, 4.69) is 15.3 Å². The summed E-state index contributed by atoms with van der Waals surface area (Å²) in [6.45, 7) is 5.71. The maximum Gasteiger partial charge on any atom is 0.275 e. The van der Waals surface area contributed by atoms with Crippen LogP contribution in [-0.2, 0) is 11.3 Å². The van der Waals surface area contributed by atoms with Gasteiger partial charge in [0.1, 0.15) is 17.5 Å². The Kier molecular flexibility index (Phi) is 9.11. The van der Waals surface area contributed by atoms with Crippen molar-refractivity contribution in [2.75, 3.05) is 28.4 Å². The fourth-order valence-corrected chi connectivity index (χ4v) is 3.93. The van der Waals surface area contributed by atoms with E-state index in [4.69, 9.17) is 18.9 Å². The van der Waals surface area contributed by atoms with Crippen LogP contribution in [0.3, 0.4) is 0 Å². The number of methoxy groups -OCH3 is 4. The predicted octanol–water partition coefficient (Wildman–Crippen LogP) is 3.81. The molecule has 1 atom stereocenters. The molecule has 0 unspecified atom stereocenters. The highest BCUT2D eigenvalue weighted by Gasteiger charge is 2.36. The van der Waals surface area contributed by atoms with E-state index in [0.29, 0.717) is 28.6 Å². The lowest BCUT2D eigenvalue weighted by molar-refractivity contribution is -0.127. The molecule has 0 aliphatic heterocycles. The number of ether oxygens (including phenoxy) is 4. The van der Waals surface area contributed by atoms with E-state index in [0.717, 1.165) is 5.56 Å². The van der Waals surface area contributed by atoms with E-state index in [1.807, 2.05) is 32.9 Å². The van der Waals surface area contributed by atoms with Crippen LogP contribution >= 0.6 is 0 Å². The number of carbonyl (C=O) groups is 2. The normalized spacial score (nSPS) is 11.8. The van der Waals surface area contributed by atoms with Crippen molar-refractivity contribution >= 4 is 11.8 Å². The summed E-state index contributed by atoms with van der Waals surface area (Å²) in [7, 11) is 6.06. The van der Waals surface area contributed by atoms with Crippen LogP contribution in [0.2, 0.25) is 0 Å². The summed E-state index contributed by atoms with van der Waals surface area (Å²) in [6.07, 6.45) is 4.29. The molecule has 10 nitrogen and oxygen atoms in total. The Morgan fingerprint density at radius 2 is 1.55 bits per heavy atom. The quantitative estimate of drug-likeness (QED) is 0.428. The van der Waals surface area contributed by atoms with Crippen molar-refractivity contribution in [1.82, 2.24) is 20.2 Å². The van der Waals surface area contributed by atoms with Crippen LogP contribution < -0.4 is 24.3 Å². The van der Waals surface area contributed by atoms with Crippen molar-refractivity contribution in [3.05, 3.63) is 71.8 Å². The number of aromatic nitrogens is 2. The number of rotatable bonds is 10. The van der Waals surface area contributed by atoms with Crippen molar-refractivity contribution in [2.45, 2.75) is 38.9 Å². The monoisotopic (exact) mass is 522 g/mol. The highest BCUT2D eigenvalue weighted by molar-refractivity contribution is 5.96. The zero-order valence-corrected chi connectivity index (χ0v) is 22.8. The molecule has 0 fully saturated rings. The van der Waals surface area contributed by atoms with Crippen LogP contribution in [-0.4, -0.2) is 60.7 Å². The van der Waals surface area contributed by atoms with Gasteiger partial charge in [-0.2, -0.15) is 0 Å². The Hall–Kier alpha value is -4.34. The summed E-state index contributed by atoms with van der Waals surface area (Å²) in [5, 5.41) is 3.01. The molecule has 0 aliphatic carbocycles. The Labute approximate surface area is 222 Å². The molecule has 0 spiro atoms. The maximum absolute atomic E-state index is 13.9. The molecule has 1 aromatic heterocycles. The number of hydrogen-bond acceptors (Lipinski definition) is 8. The standard InChI is InChI=1S/C28H34N4O6/c1-28(2,3)31-26(33)24(19-14-22(36-5)25(38-7)23(15-19)37-6)32(27(34)21-16-29-12-13-30-21)17-18-8-10-20(35-4)11-9-18/h8-16,24H,17H2,1-7H3,(H,31,33)/t24-/m0/s1. The molecule has 38 heavy (non-hydrogen) atoms. The van der Waals surface area contributed by atoms with Crippen molar-refractivity contribution in [2.24, 2.45) is 0 Å². The van der Waals surface area contributed by atoms with Crippen LogP contribution in [0, 0.1) is 0 Å². The van der Waals surface area contributed by atoms with Gasteiger partial charge in [0, 0.05) is 24.5 Å². The van der Waals surface area contributed by atoms with Gasteiger partial charge < -0.3 is 29.2 Å². The third-order valence-corrected chi connectivity index (χ3v) is 5.62. The number of amides is 2. The second kappa shape index (κ2) is 12.3. The minimum absolute atomic E-state index is 0.0955. The van der Waals surface area contributed by atoms with Gasteiger partial charge in [-0.15, -0.1) is 0 Å². The second-order valence-electron chi connectivity index (χ2n) is 9.47. The summed E-state index contributed by atoms with van der Waals surface area (Å²) >= 11 is 0. The molecule has 1 N–H and O–H groups in total. The third kappa shape index (κ3) is 6.70. The first kappa shape index (κ1) is 28.2. The lowest BCUT2D eigenvalue weighted by Crippen LogP contribution is -2.49. The molecular weight excluding hydrogens is 488 g/mol. The van der Waals surface area contributed by atoms with Gasteiger partial charge in [0.05, 0.1) is 34.6 Å². The molecule has 2 amide bonds. The van der Waals surface area contributed by atoms with E-state index < -0.39 is 23.4 Å². The summed E-state index contributed by atoms with van der Waals surface area (Å²) in [5.41, 5.74) is 0.773. The predicted molar refractivity (Wildman–Crippen MR) is 142 cm³/mol. The molecule has 3 rings (SSSR count). The van der Waals surface area contributed by atoms with Crippen LogP contribution in [0.15, 0.2) is 55.0 Å². The highest BCUT2D eigenvalue weighted by Crippen LogP contribution is 2.41. The summed E-state index contributed by atoms with van der Waals surface area (Å²) in [5.74, 6) is 0.885. The van der Waals surface area contributed by atoms with Gasteiger partial charge in [-0.25, -0.2) is 4.98 Å². The zero-order valence-electron chi connectivity index (χ0n) is 22.8. The zero-order chi connectivity index (χ0) is 27.9. The van der Waals surface area contributed by atoms with Crippen LogP contribution in [0.5, 0.6) is 23.0 Å². The molecule has 0 saturated heterocycles. The van der Waals surface area contributed by atoms with Crippen molar-refractivity contribution < 1.29 is 28.5 Å². The van der Waals surface area contributed by atoms with Crippen molar-refractivity contribution in [3.63, 3.8) is 0 Å². The Bertz CT molecular complexity index is 1220. The van der Waals surface area contributed by atoms with E-state index in [9.17, 15) is 9.59 Å². The fraction of sp³-hybridized carbons (Fsp3) is 0.357. The lowest BCUT2D eigenvalue weighted by atomic mass is 9.99. The fourth-order valence-electron chi connectivity index (χ4n) is 3.93. The lowest BCUT2D eigenvalue weighted by Gasteiger charge is -2.34. The number of nitrogens with one attached hydrogen (secondary N) is 1. The molecule has 0 aliphatic rings. The van der Waals surface area contributed by atoms with E-state index >= 15 is 0 Å². The summed E-state index contributed by atoms with van der Waals surface area (Å²) in [6, 6.07) is 9.51. The van der Waals surface area contributed by atoms with Gasteiger partial charge in [0.2, 0.25) is 11.7 Å². The molecule has 10 heteroatoms. The smallest absolute Gasteiger partial charge is 0.275 e. The van der Waals surface area contributed by atoms with Crippen LogP contribution in [0.25, 0.3) is 0 Å². The first-order chi connectivity index (χ1) is 18.1. The number of hydrogen-bond donors (Lipinski definition) is 1. The molecule has 3 aromatic rings. The molecule has 1 heterocycles. The average molecular weight is 523 g/mol. The van der Waals surface area contributed by atoms with Gasteiger partial charge in [-0.05, 0) is 56.2 Å². The second-order valence-corrected chi connectivity index (χ2v) is 9.47. The molecule has 2 aromatic carbocycles.